The molecular weight excluding hydrogens is 490 g/mol. The number of hydrogen-bond donors (Lipinski definition) is 3. The van der Waals surface area contributed by atoms with Gasteiger partial charge in [0.25, 0.3) is 20.2 Å². The number of H-pyrrole nitrogens is 1. The number of hydrogen-bond acceptors (Lipinski definition) is 9. The van der Waals surface area contributed by atoms with Crippen molar-refractivity contribution in [1.29, 1.82) is 5.41 Å². The lowest BCUT2D eigenvalue weighted by atomic mass is 10.1. The molecule has 2 aromatic rings. The van der Waals surface area contributed by atoms with Crippen molar-refractivity contribution in [3.63, 3.8) is 0 Å². The Balaban J connectivity index is 0.000000291. The van der Waals surface area contributed by atoms with E-state index in [0.717, 1.165) is 18.1 Å². The van der Waals surface area contributed by atoms with Gasteiger partial charge >= 0.3 is 0 Å². The topological polar surface area (TPSA) is 160 Å². The van der Waals surface area contributed by atoms with Crippen LogP contribution < -0.4 is 5.62 Å². The van der Waals surface area contributed by atoms with Crippen molar-refractivity contribution in [2.75, 3.05) is 25.7 Å². The van der Waals surface area contributed by atoms with Crippen LogP contribution >= 0.6 is 15.9 Å². The number of rotatable bonds is 8. The van der Waals surface area contributed by atoms with Gasteiger partial charge < -0.3 is 10.1 Å². The first kappa shape index (κ1) is 25.2. The van der Waals surface area contributed by atoms with Crippen molar-refractivity contribution in [3.05, 3.63) is 40.4 Å². The number of aromatic nitrogens is 2. The first-order valence-corrected chi connectivity index (χ1v) is 12.6. The second-order valence-corrected chi connectivity index (χ2v) is 9.80. The van der Waals surface area contributed by atoms with Gasteiger partial charge in [-0.3, -0.25) is 13.8 Å². The van der Waals surface area contributed by atoms with E-state index in [9.17, 15) is 21.9 Å². The lowest BCUT2D eigenvalue weighted by molar-refractivity contribution is 0.273. The molecule has 0 radical (unpaired) electrons. The molecule has 2 rings (SSSR count). The van der Waals surface area contributed by atoms with Gasteiger partial charge in [-0.05, 0) is 34.3 Å². The Morgan fingerprint density at radius 1 is 1.03 bits per heavy atom. The van der Waals surface area contributed by atoms with E-state index in [4.69, 9.17) is 5.41 Å². The Labute approximate surface area is 177 Å². The highest BCUT2D eigenvalue weighted by molar-refractivity contribution is 9.10. The van der Waals surface area contributed by atoms with Crippen molar-refractivity contribution in [2.45, 2.75) is 12.8 Å². The summed E-state index contributed by atoms with van der Waals surface area (Å²) in [7, 11) is -6.80. The molecule has 0 fully saturated rings. The minimum atomic E-state index is -3.40. The van der Waals surface area contributed by atoms with Gasteiger partial charge in [0.05, 0.1) is 31.4 Å². The fourth-order valence-electron chi connectivity index (χ4n) is 1.90. The quantitative estimate of drug-likeness (QED) is 0.356. The molecule has 0 unspecified atom stereocenters. The van der Waals surface area contributed by atoms with E-state index in [1.807, 2.05) is 30.3 Å². The van der Waals surface area contributed by atoms with E-state index in [1.165, 1.54) is 0 Å². The number of nitrogens with zero attached hydrogens (tertiary/aromatic N) is 1. The Hall–Kier alpha value is -1.80. The highest BCUT2D eigenvalue weighted by Gasteiger charge is 2.08. The van der Waals surface area contributed by atoms with Gasteiger partial charge in [0.1, 0.15) is 4.47 Å². The van der Waals surface area contributed by atoms with E-state index in [0.29, 0.717) is 23.0 Å². The van der Waals surface area contributed by atoms with Crippen LogP contribution in [0.15, 0.2) is 34.8 Å². The van der Waals surface area contributed by atoms with Gasteiger partial charge in [-0.2, -0.15) is 21.8 Å². The summed E-state index contributed by atoms with van der Waals surface area (Å²) in [6.07, 6.45) is 2.78. The van der Waals surface area contributed by atoms with Crippen molar-refractivity contribution in [3.8, 4) is 17.1 Å². The highest BCUT2D eigenvalue weighted by atomic mass is 79.9. The van der Waals surface area contributed by atoms with Crippen LogP contribution in [0.3, 0.4) is 0 Å². The zero-order valence-electron chi connectivity index (χ0n) is 15.8. The summed E-state index contributed by atoms with van der Waals surface area (Å²) in [5, 5.41) is 16.8. The number of halogens is 1. The van der Waals surface area contributed by atoms with Gasteiger partial charge in [0.2, 0.25) is 11.5 Å². The largest absolute Gasteiger partial charge is 0.492 e. The third-order valence-electron chi connectivity index (χ3n) is 3.07. The second kappa shape index (κ2) is 11.4. The summed E-state index contributed by atoms with van der Waals surface area (Å²) in [4.78, 5) is 6.36. The van der Waals surface area contributed by atoms with Gasteiger partial charge in [-0.15, -0.1) is 0 Å². The fraction of sp³-hybridized carbons (Fsp3) is 0.375. The lowest BCUT2D eigenvalue weighted by Gasteiger charge is -2.05. The Bertz CT molecular complexity index is 1020. The van der Waals surface area contributed by atoms with Crippen LogP contribution in [-0.4, -0.2) is 57.6 Å². The van der Waals surface area contributed by atoms with E-state index < -0.39 is 20.2 Å². The lowest BCUT2D eigenvalue weighted by Crippen LogP contribution is -2.11. The molecule has 3 N–H and O–H groups in total. The summed E-state index contributed by atoms with van der Waals surface area (Å²) in [5.41, 5.74) is 1.46. The fourth-order valence-corrected chi connectivity index (χ4v) is 3.15. The first-order valence-electron chi connectivity index (χ1n) is 8.16. The third-order valence-corrected chi connectivity index (χ3v) is 5.01. The minimum Gasteiger partial charge on any atom is -0.492 e. The zero-order chi connectivity index (χ0) is 22.1. The molecule has 29 heavy (non-hydrogen) atoms. The maximum Gasteiger partial charge on any atom is 0.264 e. The summed E-state index contributed by atoms with van der Waals surface area (Å²) in [6.45, 7) is 0.0951. The molecule has 162 valence electrons. The Morgan fingerprint density at radius 3 is 1.97 bits per heavy atom. The maximum absolute atomic E-state index is 10.5. The van der Waals surface area contributed by atoms with Crippen LogP contribution in [0.2, 0.25) is 0 Å². The summed E-state index contributed by atoms with van der Waals surface area (Å²) < 4.78 is 51.2. The average molecular weight is 512 g/mol. The SMILES string of the molecule is CS(=O)(=O)OCCCCOS(C)(=O)=O.N=c1nc(O)c(Br)c(-c2ccccc2)[nH]1. The summed E-state index contributed by atoms with van der Waals surface area (Å²) in [6, 6.07) is 9.44. The van der Waals surface area contributed by atoms with E-state index in [2.05, 4.69) is 34.3 Å². The van der Waals surface area contributed by atoms with Crippen molar-refractivity contribution >= 4 is 36.2 Å². The monoisotopic (exact) mass is 511 g/mol. The highest BCUT2D eigenvalue weighted by Crippen LogP contribution is 2.29. The molecule has 0 aliphatic carbocycles. The molecule has 0 bridgehead atoms. The predicted octanol–water partition coefficient (Wildman–Crippen LogP) is 1.74. The summed E-state index contributed by atoms with van der Waals surface area (Å²) >= 11 is 3.22. The number of benzene rings is 1. The minimum absolute atomic E-state index is 0.0476. The van der Waals surface area contributed by atoms with Crippen molar-refractivity contribution < 1.29 is 30.3 Å². The Morgan fingerprint density at radius 2 is 1.52 bits per heavy atom. The van der Waals surface area contributed by atoms with Crippen LogP contribution in [0, 0.1) is 5.41 Å². The van der Waals surface area contributed by atoms with Gasteiger partial charge in [-0.1, -0.05) is 30.3 Å². The van der Waals surface area contributed by atoms with E-state index >= 15 is 0 Å². The van der Waals surface area contributed by atoms with Gasteiger partial charge in [0.15, 0.2) is 0 Å². The van der Waals surface area contributed by atoms with Crippen LogP contribution in [0.4, 0.5) is 0 Å². The maximum atomic E-state index is 10.5. The normalized spacial score (nSPS) is 11.6. The molecule has 1 aromatic carbocycles. The number of unbranched alkanes of at least 4 members (excludes halogenated alkanes) is 1. The molecule has 0 atom stereocenters. The van der Waals surface area contributed by atoms with E-state index in [1.54, 1.807) is 0 Å². The van der Waals surface area contributed by atoms with Crippen LogP contribution in [-0.2, 0) is 28.6 Å². The number of aromatic amines is 1. The van der Waals surface area contributed by atoms with E-state index in [-0.39, 0.29) is 24.7 Å². The standard InChI is InChI=1S/C10H8BrN3O.C6H14O6S2/c11-7-8(6-4-2-1-3-5-6)13-10(12)14-9(7)15;1-13(7,8)11-5-3-4-6-12-14(2,9)10/h1-5H,(H3,12,13,14,15);3-6H2,1-2H3. The smallest absolute Gasteiger partial charge is 0.264 e. The molecule has 0 amide bonds. The van der Waals surface area contributed by atoms with Crippen molar-refractivity contribution in [2.24, 2.45) is 0 Å². The van der Waals surface area contributed by atoms with Gasteiger partial charge in [0, 0.05) is 0 Å². The molecule has 0 saturated heterocycles. The zero-order valence-corrected chi connectivity index (χ0v) is 19.0. The number of aromatic hydroxyl groups is 1. The summed E-state index contributed by atoms with van der Waals surface area (Å²) in [5.74, 6) is -0.183. The predicted molar refractivity (Wildman–Crippen MR) is 110 cm³/mol. The van der Waals surface area contributed by atoms with Crippen molar-refractivity contribution in [1.82, 2.24) is 9.97 Å². The number of nitrogens with one attached hydrogen (secondary N) is 2. The molecule has 0 aliphatic heterocycles. The molecule has 0 saturated carbocycles. The molecule has 10 nitrogen and oxygen atoms in total. The molecule has 1 heterocycles. The van der Waals surface area contributed by atoms with Crippen LogP contribution in [0.5, 0.6) is 5.88 Å². The first-order chi connectivity index (χ1) is 13.4. The third kappa shape index (κ3) is 11.1. The molecule has 13 heteroatoms. The van der Waals surface area contributed by atoms with Gasteiger partial charge in [-0.25, -0.2) is 0 Å². The molecular formula is C16H22BrN3O7S2. The molecule has 1 aromatic heterocycles. The van der Waals surface area contributed by atoms with Crippen LogP contribution in [0.1, 0.15) is 12.8 Å². The molecule has 0 aliphatic rings. The van der Waals surface area contributed by atoms with Crippen LogP contribution in [0.25, 0.3) is 11.3 Å². The Kier molecular flexibility index (Phi) is 9.92. The average Bonchev–Trinajstić information content (AvgIpc) is 2.60. The second-order valence-electron chi connectivity index (χ2n) is 5.72. The molecule has 0 spiro atoms.